The molecule has 1 heterocycles. The highest BCUT2D eigenvalue weighted by atomic mass is 19.4. The molecule has 2 aromatic carbocycles. The molecule has 1 amide bonds. The second-order valence-corrected chi connectivity index (χ2v) is 6.38. The summed E-state index contributed by atoms with van der Waals surface area (Å²) in [5.41, 5.74) is -0.0541. The van der Waals surface area contributed by atoms with Crippen LogP contribution < -0.4 is 4.90 Å². The van der Waals surface area contributed by atoms with E-state index in [1.807, 2.05) is 0 Å². The Morgan fingerprint density at radius 3 is 2.38 bits per heavy atom. The van der Waals surface area contributed by atoms with Gasteiger partial charge >= 0.3 is 6.18 Å². The maximum atomic E-state index is 13.3. The minimum Gasteiger partial charge on any atom is -0.328 e. The highest BCUT2D eigenvalue weighted by Crippen LogP contribution is 2.31. The van der Waals surface area contributed by atoms with Crippen LogP contribution in [0.4, 0.5) is 17.6 Å². The Hall–Kier alpha value is -2.41. The molecule has 26 heavy (non-hydrogen) atoms. The van der Waals surface area contributed by atoms with E-state index in [4.69, 9.17) is 0 Å². The third kappa shape index (κ3) is 4.22. The van der Waals surface area contributed by atoms with Crippen LogP contribution in [0, 0.1) is 5.82 Å². The Morgan fingerprint density at radius 2 is 1.73 bits per heavy atom. The fourth-order valence-corrected chi connectivity index (χ4v) is 3.23. The lowest BCUT2D eigenvalue weighted by molar-refractivity contribution is -0.917. The van der Waals surface area contributed by atoms with Crippen molar-refractivity contribution in [1.29, 1.82) is 0 Å². The first-order valence-corrected chi connectivity index (χ1v) is 8.38. The number of alkyl halides is 3. The lowest BCUT2D eigenvalue weighted by atomic mass is 10.1. The van der Waals surface area contributed by atoms with E-state index < -0.39 is 17.6 Å². The van der Waals surface area contributed by atoms with Crippen LogP contribution in [-0.4, -0.2) is 37.0 Å². The highest BCUT2D eigenvalue weighted by molar-refractivity contribution is 5.94. The van der Waals surface area contributed by atoms with E-state index in [1.54, 1.807) is 17.0 Å². The number of benzene rings is 2. The standard InChI is InChI=1S/C19H18F4N2O/c20-16-6-3-5-14(12-16)18(26)25-10-8-24(9-11-25)13-15-4-1-2-7-17(15)19(21,22)23/h1-7,12H,8-11,13H2/p+1. The number of amides is 1. The van der Waals surface area contributed by atoms with E-state index in [-0.39, 0.29) is 23.6 Å². The molecule has 0 bridgehead atoms. The number of halogens is 4. The summed E-state index contributed by atoms with van der Waals surface area (Å²) in [4.78, 5) is 15.0. The van der Waals surface area contributed by atoms with Crippen molar-refractivity contribution in [3.63, 3.8) is 0 Å². The molecular weight excluding hydrogens is 348 g/mol. The van der Waals surface area contributed by atoms with Gasteiger partial charge in [0.15, 0.2) is 0 Å². The highest BCUT2D eigenvalue weighted by Gasteiger charge is 2.34. The third-order valence-corrected chi connectivity index (χ3v) is 4.59. The number of hydrogen-bond donors (Lipinski definition) is 1. The van der Waals surface area contributed by atoms with Crippen LogP contribution in [-0.2, 0) is 12.7 Å². The molecule has 2 aromatic rings. The number of quaternary nitrogens is 1. The van der Waals surface area contributed by atoms with Crippen molar-refractivity contribution in [3.8, 4) is 0 Å². The van der Waals surface area contributed by atoms with Crippen molar-refractivity contribution in [1.82, 2.24) is 4.90 Å². The first-order valence-electron chi connectivity index (χ1n) is 8.38. The summed E-state index contributed by atoms with van der Waals surface area (Å²) in [6.45, 7) is 2.22. The summed E-state index contributed by atoms with van der Waals surface area (Å²) >= 11 is 0. The molecule has 1 fully saturated rings. The van der Waals surface area contributed by atoms with Crippen LogP contribution in [0.3, 0.4) is 0 Å². The van der Waals surface area contributed by atoms with Gasteiger partial charge in [0.25, 0.3) is 5.91 Å². The summed E-state index contributed by atoms with van der Waals surface area (Å²) in [5, 5.41) is 0. The molecule has 1 N–H and O–H groups in total. The Morgan fingerprint density at radius 1 is 1.04 bits per heavy atom. The number of nitrogens with one attached hydrogen (secondary N) is 1. The minimum absolute atomic E-state index is 0.251. The molecule has 0 aliphatic carbocycles. The normalized spacial score (nSPS) is 15.9. The number of hydrogen-bond acceptors (Lipinski definition) is 1. The molecule has 1 saturated heterocycles. The lowest BCUT2D eigenvalue weighted by Gasteiger charge is -2.32. The molecule has 3 nitrogen and oxygen atoms in total. The zero-order valence-electron chi connectivity index (χ0n) is 14.0. The number of nitrogens with zero attached hydrogens (tertiary/aromatic N) is 1. The molecule has 7 heteroatoms. The second-order valence-electron chi connectivity index (χ2n) is 6.38. The Balaban J connectivity index is 1.62. The number of carbonyl (C=O) groups excluding carboxylic acids is 1. The summed E-state index contributed by atoms with van der Waals surface area (Å²) in [5.74, 6) is -0.719. The smallest absolute Gasteiger partial charge is 0.328 e. The van der Waals surface area contributed by atoms with Crippen molar-refractivity contribution >= 4 is 5.91 Å². The molecule has 0 unspecified atom stereocenters. The Labute approximate surface area is 148 Å². The second kappa shape index (κ2) is 7.45. The van der Waals surface area contributed by atoms with Gasteiger partial charge in [-0.2, -0.15) is 13.2 Å². The van der Waals surface area contributed by atoms with Crippen molar-refractivity contribution in [2.24, 2.45) is 0 Å². The van der Waals surface area contributed by atoms with E-state index in [9.17, 15) is 22.4 Å². The largest absolute Gasteiger partial charge is 0.416 e. The number of rotatable bonds is 3. The maximum absolute atomic E-state index is 13.3. The summed E-state index contributed by atoms with van der Waals surface area (Å²) in [6.07, 6.45) is -4.37. The van der Waals surface area contributed by atoms with Crippen molar-refractivity contribution in [3.05, 3.63) is 71.0 Å². The SMILES string of the molecule is O=C(c1cccc(F)c1)N1CC[NH+](Cc2ccccc2C(F)(F)F)CC1. The molecule has 1 aliphatic heterocycles. The molecular formula is C19H19F4N2O+. The summed E-state index contributed by atoms with van der Waals surface area (Å²) < 4.78 is 52.6. The van der Waals surface area contributed by atoms with E-state index in [0.29, 0.717) is 26.2 Å². The molecule has 138 valence electrons. The number of carbonyl (C=O) groups is 1. The van der Waals surface area contributed by atoms with Gasteiger partial charge in [-0.15, -0.1) is 0 Å². The van der Waals surface area contributed by atoms with E-state index in [1.165, 1.54) is 30.3 Å². The van der Waals surface area contributed by atoms with Crippen LogP contribution in [0.1, 0.15) is 21.5 Å². The Bertz CT molecular complexity index is 783. The van der Waals surface area contributed by atoms with E-state index in [0.717, 1.165) is 11.0 Å². The maximum Gasteiger partial charge on any atom is 0.416 e. The van der Waals surface area contributed by atoms with Crippen LogP contribution >= 0.6 is 0 Å². The topological polar surface area (TPSA) is 24.8 Å². The molecule has 0 atom stereocenters. The Kier molecular flexibility index (Phi) is 5.27. The average Bonchev–Trinajstić information content (AvgIpc) is 2.61. The summed E-state index contributed by atoms with van der Waals surface area (Å²) in [6, 6.07) is 11.1. The quantitative estimate of drug-likeness (QED) is 0.828. The van der Waals surface area contributed by atoms with Crippen LogP contribution in [0.2, 0.25) is 0 Å². The molecule has 3 rings (SSSR count). The van der Waals surface area contributed by atoms with Gasteiger partial charge in [-0.1, -0.05) is 24.3 Å². The van der Waals surface area contributed by atoms with Gasteiger partial charge in [-0.3, -0.25) is 4.79 Å². The van der Waals surface area contributed by atoms with Gasteiger partial charge in [0, 0.05) is 11.1 Å². The third-order valence-electron chi connectivity index (χ3n) is 4.59. The van der Waals surface area contributed by atoms with Crippen LogP contribution in [0.15, 0.2) is 48.5 Å². The van der Waals surface area contributed by atoms with Gasteiger partial charge in [0.05, 0.1) is 31.7 Å². The first-order chi connectivity index (χ1) is 12.3. The van der Waals surface area contributed by atoms with Crippen molar-refractivity contribution < 1.29 is 27.3 Å². The van der Waals surface area contributed by atoms with Crippen molar-refractivity contribution in [2.45, 2.75) is 12.7 Å². The molecule has 1 aliphatic rings. The van der Waals surface area contributed by atoms with E-state index >= 15 is 0 Å². The molecule has 0 saturated carbocycles. The monoisotopic (exact) mass is 367 g/mol. The zero-order valence-corrected chi connectivity index (χ0v) is 14.0. The van der Waals surface area contributed by atoms with Gasteiger partial charge in [-0.05, 0) is 24.3 Å². The molecule has 0 spiro atoms. The van der Waals surface area contributed by atoms with Gasteiger partial charge in [0.2, 0.25) is 0 Å². The number of piperazine rings is 1. The summed E-state index contributed by atoms with van der Waals surface area (Å²) in [7, 11) is 0. The zero-order chi connectivity index (χ0) is 18.7. The average molecular weight is 367 g/mol. The van der Waals surface area contributed by atoms with E-state index in [2.05, 4.69) is 0 Å². The predicted octanol–water partition coefficient (Wildman–Crippen LogP) is 2.39. The minimum atomic E-state index is -4.37. The van der Waals surface area contributed by atoms with Crippen LogP contribution in [0.25, 0.3) is 0 Å². The molecule has 0 radical (unpaired) electrons. The lowest BCUT2D eigenvalue weighted by Crippen LogP contribution is -3.13. The molecule has 0 aromatic heterocycles. The van der Waals surface area contributed by atoms with Crippen LogP contribution in [0.5, 0.6) is 0 Å². The van der Waals surface area contributed by atoms with Gasteiger partial charge in [-0.25, -0.2) is 4.39 Å². The van der Waals surface area contributed by atoms with Gasteiger partial charge < -0.3 is 9.80 Å². The fourth-order valence-electron chi connectivity index (χ4n) is 3.23. The van der Waals surface area contributed by atoms with Gasteiger partial charge in [0.1, 0.15) is 12.4 Å². The predicted molar refractivity (Wildman–Crippen MR) is 88.1 cm³/mol. The fraction of sp³-hybridized carbons (Fsp3) is 0.316. The van der Waals surface area contributed by atoms with Crippen molar-refractivity contribution in [2.75, 3.05) is 26.2 Å². The first kappa shape index (κ1) is 18.4.